The minimum absolute atomic E-state index is 0.0283. The first-order valence-corrected chi connectivity index (χ1v) is 48.3. The maximum atomic E-state index is 14.6. The Morgan fingerprint density at radius 2 is 0.861 bits per heavy atom. The van der Waals surface area contributed by atoms with Gasteiger partial charge >= 0.3 is 18.0 Å². The number of fused-ring (bicyclic) bond motifs is 8. The second-order valence-corrected chi connectivity index (χ2v) is 38.5. The van der Waals surface area contributed by atoms with E-state index in [1.807, 2.05) is 36.4 Å². The van der Waals surface area contributed by atoms with Crippen LogP contribution < -0.4 is 43.6 Å². The first-order chi connectivity index (χ1) is 66.3. The molecule has 20 rings (SSSR count). The summed E-state index contributed by atoms with van der Waals surface area (Å²) in [6, 6.07) is 32.8. The number of nitrogens with zero attached hydrogens (tertiary/aromatic N) is 21. The molecule has 0 aliphatic carbocycles. The SMILES string of the molecule is [C-]#[N+]C[C@H]1CN(c2nc(OCC34CCCN3C(=C)CC4)nc3c2CCN(c2cccc4ccc(F)c(Cl)c24)C3)CCN1C(=O)C(=C)F.[C-]#[N+]C[C@H]1CN(c2nc(OCC34CCCN3CCC4)nc3c2CCN(c2cccc4ccccc24)C3)CCN1C(=O)C(=C)F.[C-]#[N+]C[C@H]1CN(c2nc(OC[C@@H]3CCCN3C(C)C)nc3c2CCN(c2cccc4ccc(F)c(Cl)c24)C3)CCN1C(=O)C(=C)F. The van der Waals surface area contributed by atoms with Crippen LogP contribution in [-0.2, 0) is 53.3 Å². The van der Waals surface area contributed by atoms with Gasteiger partial charge in [0.05, 0.1) is 57.8 Å². The molecule has 1 unspecified atom stereocenters. The number of halogens is 7. The molecule has 0 bridgehead atoms. The number of anilines is 6. The first-order valence-electron chi connectivity index (χ1n) is 47.5. The van der Waals surface area contributed by atoms with Crippen molar-refractivity contribution in [3.8, 4) is 18.0 Å². The Bertz CT molecular complexity index is 6340. The molecule has 137 heavy (non-hydrogen) atoms. The Balaban J connectivity index is 0.000000137. The van der Waals surface area contributed by atoms with Crippen LogP contribution in [0.15, 0.2) is 153 Å². The van der Waals surface area contributed by atoms with E-state index in [1.54, 1.807) is 12.1 Å². The lowest BCUT2D eigenvalue weighted by Gasteiger charge is -2.41. The summed E-state index contributed by atoms with van der Waals surface area (Å²) >= 11 is 13.0. The molecule has 5 atom stereocenters. The third-order valence-corrected chi connectivity index (χ3v) is 30.3. The summed E-state index contributed by atoms with van der Waals surface area (Å²) in [7, 11) is 0. The molecule has 11 aliphatic rings. The number of piperazine rings is 3. The van der Waals surface area contributed by atoms with Gasteiger partial charge in [0, 0.05) is 153 Å². The summed E-state index contributed by atoms with van der Waals surface area (Å²) in [4.78, 5) is 103. The predicted molar refractivity (Wildman–Crippen MR) is 522 cm³/mol. The van der Waals surface area contributed by atoms with E-state index in [-0.39, 0.29) is 78.5 Å². The highest BCUT2D eigenvalue weighted by Crippen LogP contribution is 2.47. The second kappa shape index (κ2) is 40.6. The van der Waals surface area contributed by atoms with E-state index in [2.05, 4.69) is 141 Å². The normalized spacial score (nSPS) is 21.3. The Morgan fingerprint density at radius 1 is 0.453 bits per heavy atom. The van der Waals surface area contributed by atoms with Crippen molar-refractivity contribution in [3.63, 3.8) is 0 Å². The second-order valence-electron chi connectivity index (χ2n) is 37.8. The highest BCUT2D eigenvalue weighted by molar-refractivity contribution is 6.37. The Labute approximate surface area is 805 Å². The quantitative estimate of drug-likeness (QED) is 0.0351. The van der Waals surface area contributed by atoms with Crippen molar-refractivity contribution in [1.29, 1.82) is 0 Å². The summed E-state index contributed by atoms with van der Waals surface area (Å²) in [6.07, 6.45) is 12.8. The fraction of sp³-hybridized carbons (Fsp3) is 0.456. The molecule has 0 spiro atoms. The van der Waals surface area contributed by atoms with E-state index in [0.717, 1.165) is 158 Å². The van der Waals surface area contributed by atoms with Gasteiger partial charge in [0.2, 0.25) is 19.6 Å². The van der Waals surface area contributed by atoms with E-state index < -0.39 is 65.0 Å². The van der Waals surface area contributed by atoms with Gasteiger partial charge in [-0.1, -0.05) is 122 Å². The molecule has 8 saturated heterocycles. The zero-order chi connectivity index (χ0) is 95.7. The van der Waals surface area contributed by atoms with Crippen LogP contribution in [0.1, 0.15) is 112 Å². The van der Waals surface area contributed by atoms with Crippen molar-refractivity contribution < 1.29 is 50.5 Å². The predicted octanol–water partition coefficient (Wildman–Crippen LogP) is 16.2. The first kappa shape index (κ1) is 94.7. The van der Waals surface area contributed by atoms with Crippen LogP contribution in [0.5, 0.6) is 18.0 Å². The molecular weight excluding hydrogens is 1790 g/mol. The zero-order valence-corrected chi connectivity index (χ0v) is 78.9. The van der Waals surface area contributed by atoms with Crippen molar-refractivity contribution in [2.24, 2.45) is 0 Å². The van der Waals surface area contributed by atoms with Gasteiger partial charge in [0.1, 0.15) is 67.0 Å². The molecule has 3 amide bonds. The van der Waals surface area contributed by atoms with E-state index in [4.69, 9.17) is 87.0 Å². The van der Waals surface area contributed by atoms with Gasteiger partial charge in [-0.2, -0.15) is 29.9 Å². The number of hydrogen-bond donors (Lipinski definition) is 0. The fourth-order valence-corrected chi connectivity index (χ4v) is 23.3. The maximum absolute atomic E-state index is 14.6. The molecule has 27 nitrogen and oxygen atoms in total. The number of hydrogen-bond acceptors (Lipinski definition) is 21. The summed E-state index contributed by atoms with van der Waals surface area (Å²) < 4.78 is 90.0. The number of benzene rings is 6. The third kappa shape index (κ3) is 19.2. The van der Waals surface area contributed by atoms with E-state index in [9.17, 15) is 36.3 Å². The topological polar surface area (TPSA) is 208 Å². The molecule has 6 aromatic carbocycles. The lowest BCUT2D eigenvalue weighted by molar-refractivity contribution is -0.131. The van der Waals surface area contributed by atoms with Crippen LogP contribution in [0.4, 0.5) is 56.5 Å². The molecule has 8 fully saturated rings. The number of carbonyl (C=O) groups excluding carboxylic acids is 3. The molecule has 714 valence electrons. The van der Waals surface area contributed by atoms with E-state index >= 15 is 0 Å². The van der Waals surface area contributed by atoms with Crippen LogP contribution in [0.3, 0.4) is 0 Å². The van der Waals surface area contributed by atoms with Gasteiger partial charge in [-0.15, -0.1) is 0 Å². The average Bonchev–Trinajstić information content (AvgIpc) is 1.75. The third-order valence-electron chi connectivity index (χ3n) is 29.5. The summed E-state index contributed by atoms with van der Waals surface area (Å²) in [5.74, 6) is -4.11. The minimum atomic E-state index is -1.04. The standard InChI is InChI=1S/C35H36ClF2N7O2.C34H38ClF2N7O2.C34H38FN7O2/c1-22-10-13-35(12-5-14-45(22)35)21-47-34-40-28-20-42(29-7-4-6-24-8-9-27(38)31(36)30(24)29)15-11-26(28)32(41-34)43-16-17-44(33(46)23(2)37)25(19-43)18-39-3;1-21(2)43-13-6-8-24(43)20-46-34-39-28-19-41(29-9-5-7-23-10-11-27(37)31(35)30(23)29)14-12-26(28)32(40-34)42-15-16-44(33(45)22(3)36)25(18-42)17-38-4;1-24(35)32(43)42-19-18-40(21-26(42)20-36-2)31-28-12-17-39(30-11-5-9-25-8-3-4-10-27(25)30)22-29(28)37-33(38-31)44-23-34-13-6-15-41(34)16-7-14-34/h4,6-9,25H,1-2,5,10-21H2;5,7,9-11,21,24-25H,3,6,8,12-20H2,1-2H3;3-5,8-11,26H,1,6-7,12-23H2/t25-,35?;24-,25-;26-/m000/s1. The highest BCUT2D eigenvalue weighted by atomic mass is 35.5. The number of amides is 3. The Hall–Kier alpha value is -12.7. The highest BCUT2D eigenvalue weighted by Gasteiger charge is 2.49. The monoisotopic (exact) mass is 1900 g/mol. The smallest absolute Gasteiger partial charge is 0.318 e. The number of rotatable bonds is 22. The summed E-state index contributed by atoms with van der Waals surface area (Å²) in [6.45, 7) is 53.1. The van der Waals surface area contributed by atoms with Gasteiger partial charge in [0.15, 0.2) is 17.5 Å². The molecule has 3 aromatic heterocycles. The van der Waals surface area contributed by atoms with Crippen molar-refractivity contribution >= 4 is 108 Å². The lowest BCUT2D eigenvalue weighted by Crippen LogP contribution is -2.57. The minimum Gasteiger partial charge on any atom is -0.462 e. The van der Waals surface area contributed by atoms with Gasteiger partial charge in [0.25, 0.3) is 17.7 Å². The maximum Gasteiger partial charge on any atom is 0.318 e. The van der Waals surface area contributed by atoms with Crippen LogP contribution in [0, 0.1) is 31.4 Å². The van der Waals surface area contributed by atoms with Crippen molar-refractivity contribution in [2.75, 3.05) is 174 Å². The average molecular weight is 1910 g/mol. The van der Waals surface area contributed by atoms with Crippen molar-refractivity contribution in [1.82, 2.24) is 59.3 Å². The molecule has 34 heteroatoms. The molecule has 11 aliphatic heterocycles. The van der Waals surface area contributed by atoms with E-state index in [0.29, 0.717) is 139 Å². The number of allylic oxidation sites excluding steroid dienone is 1. The zero-order valence-electron chi connectivity index (χ0n) is 77.4. The van der Waals surface area contributed by atoms with Gasteiger partial charge < -0.3 is 77.7 Å². The Morgan fingerprint density at radius 3 is 1.31 bits per heavy atom. The summed E-state index contributed by atoms with van der Waals surface area (Å²) in [5, 5.41) is 5.60. The van der Waals surface area contributed by atoms with Crippen molar-refractivity contribution in [3.05, 3.63) is 242 Å². The molecule has 0 N–H and O–H groups in total. The number of likely N-dealkylation sites (tertiary alicyclic amines) is 1. The van der Waals surface area contributed by atoms with Crippen LogP contribution in [0.2, 0.25) is 10.0 Å². The van der Waals surface area contributed by atoms with Crippen LogP contribution in [-0.4, -0.2) is 262 Å². The van der Waals surface area contributed by atoms with Gasteiger partial charge in [-0.3, -0.25) is 24.2 Å². The molecule has 0 saturated carbocycles. The number of ether oxygens (including phenoxy) is 3. The van der Waals surface area contributed by atoms with Gasteiger partial charge in [-0.05, 0) is 163 Å². The number of carbonyl (C=O) groups is 3. The molecule has 14 heterocycles. The lowest BCUT2D eigenvalue weighted by atomic mass is 9.95. The van der Waals surface area contributed by atoms with Crippen molar-refractivity contribution in [2.45, 2.75) is 158 Å². The number of aromatic nitrogens is 6. The molecular formula is C103H112Cl2F5N21O6. The molecule has 0 radical (unpaired) electrons. The molecule has 9 aromatic rings. The Kier molecular flexibility index (Phi) is 28.0. The fourth-order valence-electron chi connectivity index (χ4n) is 22.7. The summed E-state index contributed by atoms with van der Waals surface area (Å²) in [5.41, 5.74) is 9.43. The van der Waals surface area contributed by atoms with Gasteiger partial charge in [-0.25, -0.2) is 41.7 Å². The largest absolute Gasteiger partial charge is 0.462 e. The van der Waals surface area contributed by atoms with E-state index in [1.165, 1.54) is 56.1 Å². The van der Waals surface area contributed by atoms with Crippen LogP contribution in [0.25, 0.3) is 46.9 Å². The van der Waals surface area contributed by atoms with Crippen LogP contribution >= 0.6 is 23.2 Å².